The van der Waals surface area contributed by atoms with Crippen LogP contribution in [0.2, 0.25) is 0 Å². The summed E-state index contributed by atoms with van der Waals surface area (Å²) in [6.45, 7) is 0.551. The lowest BCUT2D eigenvalue weighted by atomic mass is 10.2. The van der Waals surface area contributed by atoms with E-state index in [4.69, 9.17) is 0 Å². The summed E-state index contributed by atoms with van der Waals surface area (Å²) in [6.07, 6.45) is 1.52. The quantitative estimate of drug-likeness (QED) is 0.802. The van der Waals surface area contributed by atoms with Crippen molar-refractivity contribution in [3.8, 4) is 5.69 Å². The number of amides is 2. The number of hydrogen-bond acceptors (Lipinski definition) is 4. The fourth-order valence-corrected chi connectivity index (χ4v) is 2.13. The van der Waals surface area contributed by atoms with Crippen molar-refractivity contribution < 1.29 is 4.79 Å². The molecule has 0 aliphatic rings. The van der Waals surface area contributed by atoms with Crippen molar-refractivity contribution in [3.63, 3.8) is 0 Å². The molecule has 0 saturated heterocycles. The number of nitrogens with one attached hydrogen (secondary N) is 1. The molecule has 0 fully saturated rings. The molecular formula is C16H16N6O. The second kappa shape index (κ2) is 6.69. The molecule has 2 aromatic carbocycles. The van der Waals surface area contributed by atoms with Crippen molar-refractivity contribution in [2.24, 2.45) is 0 Å². The number of hydrogen-bond donors (Lipinski definition) is 1. The molecule has 2 amide bonds. The molecule has 23 heavy (non-hydrogen) atoms. The molecule has 0 saturated carbocycles. The minimum Gasteiger partial charge on any atom is -0.323 e. The van der Waals surface area contributed by atoms with Gasteiger partial charge < -0.3 is 10.2 Å². The van der Waals surface area contributed by atoms with Gasteiger partial charge in [0, 0.05) is 19.3 Å². The predicted octanol–water partition coefficient (Wildman–Crippen LogP) is 2.33. The van der Waals surface area contributed by atoms with E-state index >= 15 is 0 Å². The maximum Gasteiger partial charge on any atom is 0.321 e. The molecule has 0 radical (unpaired) electrons. The van der Waals surface area contributed by atoms with Gasteiger partial charge in [-0.25, -0.2) is 9.48 Å². The van der Waals surface area contributed by atoms with Gasteiger partial charge in [0.25, 0.3) is 0 Å². The topological polar surface area (TPSA) is 75.9 Å². The van der Waals surface area contributed by atoms with Gasteiger partial charge in [-0.15, -0.1) is 5.10 Å². The number of rotatable bonds is 4. The zero-order valence-corrected chi connectivity index (χ0v) is 12.6. The van der Waals surface area contributed by atoms with Crippen LogP contribution < -0.4 is 5.32 Å². The van der Waals surface area contributed by atoms with Crippen LogP contribution in [0.25, 0.3) is 5.69 Å². The van der Waals surface area contributed by atoms with E-state index in [-0.39, 0.29) is 6.03 Å². The summed E-state index contributed by atoms with van der Waals surface area (Å²) in [5.41, 5.74) is 2.62. The predicted molar refractivity (Wildman–Crippen MR) is 86.1 cm³/mol. The van der Waals surface area contributed by atoms with Gasteiger partial charge in [-0.2, -0.15) is 0 Å². The summed E-state index contributed by atoms with van der Waals surface area (Å²) in [4.78, 5) is 13.8. The van der Waals surface area contributed by atoms with Gasteiger partial charge in [0.1, 0.15) is 6.33 Å². The molecule has 0 spiro atoms. The smallest absolute Gasteiger partial charge is 0.321 e. The molecule has 0 atom stereocenters. The molecule has 0 unspecified atom stereocenters. The number of carbonyl (C=O) groups is 1. The van der Waals surface area contributed by atoms with E-state index in [0.717, 1.165) is 11.3 Å². The summed E-state index contributed by atoms with van der Waals surface area (Å²) >= 11 is 0. The largest absolute Gasteiger partial charge is 0.323 e. The van der Waals surface area contributed by atoms with Crippen molar-refractivity contribution in [1.82, 2.24) is 25.1 Å². The maximum absolute atomic E-state index is 12.2. The Kier molecular flexibility index (Phi) is 4.28. The Hall–Kier alpha value is -3.22. The average Bonchev–Trinajstić information content (AvgIpc) is 3.11. The first kappa shape index (κ1) is 14.7. The van der Waals surface area contributed by atoms with E-state index < -0.39 is 0 Å². The van der Waals surface area contributed by atoms with Crippen LogP contribution in [0, 0.1) is 0 Å². The summed E-state index contributed by atoms with van der Waals surface area (Å²) in [6, 6.07) is 17.0. The summed E-state index contributed by atoms with van der Waals surface area (Å²) in [5.74, 6) is 0. The van der Waals surface area contributed by atoms with E-state index in [1.807, 2.05) is 54.6 Å². The van der Waals surface area contributed by atoms with Crippen LogP contribution in [-0.2, 0) is 6.54 Å². The Morgan fingerprint density at radius 2 is 1.87 bits per heavy atom. The fraction of sp³-hybridized carbons (Fsp3) is 0.125. The van der Waals surface area contributed by atoms with Gasteiger partial charge in [-0.05, 0) is 40.3 Å². The molecule has 1 heterocycles. The second-order valence-electron chi connectivity index (χ2n) is 5.07. The zero-order chi connectivity index (χ0) is 16.1. The molecule has 0 aliphatic carbocycles. The second-order valence-corrected chi connectivity index (χ2v) is 5.07. The molecule has 3 rings (SSSR count). The van der Waals surface area contributed by atoms with Gasteiger partial charge >= 0.3 is 6.03 Å². The highest BCUT2D eigenvalue weighted by Crippen LogP contribution is 2.13. The molecule has 1 aromatic heterocycles. The molecule has 116 valence electrons. The van der Waals surface area contributed by atoms with Crippen LogP contribution in [0.1, 0.15) is 5.56 Å². The van der Waals surface area contributed by atoms with Gasteiger partial charge in [0.05, 0.1) is 5.69 Å². The number of benzene rings is 2. The first-order valence-corrected chi connectivity index (χ1v) is 7.12. The first-order valence-electron chi connectivity index (χ1n) is 7.12. The lowest BCUT2D eigenvalue weighted by Crippen LogP contribution is -2.30. The molecule has 1 N–H and O–H groups in total. The summed E-state index contributed by atoms with van der Waals surface area (Å²) in [7, 11) is 1.76. The van der Waals surface area contributed by atoms with Crippen LogP contribution in [0.15, 0.2) is 60.9 Å². The molecule has 0 bridgehead atoms. The fourth-order valence-electron chi connectivity index (χ4n) is 2.13. The minimum absolute atomic E-state index is 0.163. The number of urea groups is 1. The lowest BCUT2D eigenvalue weighted by molar-refractivity contribution is 0.220. The normalized spacial score (nSPS) is 10.3. The molecule has 7 heteroatoms. The van der Waals surface area contributed by atoms with Crippen LogP contribution >= 0.6 is 0 Å². The minimum atomic E-state index is -0.163. The van der Waals surface area contributed by atoms with Crippen molar-refractivity contribution in [2.75, 3.05) is 12.4 Å². The highest BCUT2D eigenvalue weighted by atomic mass is 16.2. The number of nitrogens with zero attached hydrogens (tertiary/aromatic N) is 5. The maximum atomic E-state index is 12.2. The van der Waals surface area contributed by atoms with Crippen LogP contribution in [0.3, 0.4) is 0 Å². The third-order valence-electron chi connectivity index (χ3n) is 3.34. The van der Waals surface area contributed by atoms with E-state index in [9.17, 15) is 4.79 Å². The van der Waals surface area contributed by atoms with Crippen molar-refractivity contribution in [2.45, 2.75) is 6.54 Å². The Labute approximate surface area is 133 Å². The summed E-state index contributed by atoms with van der Waals surface area (Å²) < 4.78 is 1.55. The third-order valence-corrected chi connectivity index (χ3v) is 3.34. The first-order chi connectivity index (χ1) is 11.2. The van der Waals surface area contributed by atoms with Crippen LogP contribution in [-0.4, -0.2) is 38.2 Å². The van der Waals surface area contributed by atoms with Gasteiger partial charge in [0.15, 0.2) is 0 Å². The van der Waals surface area contributed by atoms with Gasteiger partial charge in [0.2, 0.25) is 0 Å². The molecule has 3 aromatic rings. The highest BCUT2D eigenvalue weighted by molar-refractivity contribution is 5.89. The third kappa shape index (κ3) is 3.70. The Morgan fingerprint density at radius 1 is 1.13 bits per heavy atom. The highest BCUT2D eigenvalue weighted by Gasteiger charge is 2.09. The average molecular weight is 308 g/mol. The van der Waals surface area contributed by atoms with E-state index in [1.54, 1.807) is 16.6 Å². The van der Waals surface area contributed by atoms with Crippen LogP contribution in [0.4, 0.5) is 10.5 Å². The van der Waals surface area contributed by atoms with Crippen molar-refractivity contribution >= 4 is 11.7 Å². The molecule has 7 nitrogen and oxygen atoms in total. The zero-order valence-electron chi connectivity index (χ0n) is 12.6. The Morgan fingerprint density at radius 3 is 2.52 bits per heavy atom. The number of anilines is 1. The van der Waals surface area contributed by atoms with Gasteiger partial charge in [-0.3, -0.25) is 0 Å². The standard InChI is InChI=1S/C16H16N6O/c1-21(11-13-5-3-2-4-6-13)16(23)18-14-7-9-15(10-8-14)22-12-17-19-20-22/h2-10,12H,11H2,1H3,(H,18,23). The number of aromatic nitrogens is 4. The number of carbonyl (C=O) groups excluding carboxylic acids is 1. The Bertz CT molecular complexity index is 755. The molecular weight excluding hydrogens is 292 g/mol. The summed E-state index contributed by atoms with van der Waals surface area (Å²) in [5, 5.41) is 13.8. The molecule has 0 aliphatic heterocycles. The van der Waals surface area contributed by atoms with Gasteiger partial charge in [-0.1, -0.05) is 30.3 Å². The van der Waals surface area contributed by atoms with Crippen molar-refractivity contribution in [3.05, 3.63) is 66.5 Å². The lowest BCUT2D eigenvalue weighted by Gasteiger charge is -2.18. The SMILES string of the molecule is CN(Cc1ccccc1)C(=O)Nc1ccc(-n2cnnn2)cc1. The number of tetrazole rings is 1. The van der Waals surface area contributed by atoms with Crippen molar-refractivity contribution in [1.29, 1.82) is 0 Å². The van der Waals surface area contributed by atoms with E-state index in [2.05, 4.69) is 20.8 Å². The monoisotopic (exact) mass is 308 g/mol. The van der Waals surface area contributed by atoms with E-state index in [0.29, 0.717) is 12.2 Å². The van der Waals surface area contributed by atoms with Crippen LogP contribution in [0.5, 0.6) is 0 Å². The Balaban J connectivity index is 1.61. The van der Waals surface area contributed by atoms with E-state index in [1.165, 1.54) is 6.33 Å².